The van der Waals surface area contributed by atoms with Crippen LogP contribution in [0.15, 0.2) is 41.5 Å². The van der Waals surface area contributed by atoms with E-state index in [-0.39, 0.29) is 23.3 Å². The number of halogens is 4. The molecule has 0 radical (unpaired) electrons. The quantitative estimate of drug-likeness (QED) is 0.392. The number of carbonyl (C=O) groups excluding carboxylic acids is 1. The molecule has 2 N–H and O–H groups in total. The molecule has 0 spiro atoms. The summed E-state index contributed by atoms with van der Waals surface area (Å²) in [5.74, 6) is -1.61. The standard InChI is InChI=1S/C29H29F4N7O2S/c1-16-14-40(15-17(2)38(16)3)25-10-23(30)20(18-4-6-39(7-5-18)28-36-12-19(11-34)43-28)8-24(25)37-27(42)21-13-35-26(41)9-22(21)29(31,32)33/h4,8-10,12-13,16-17H,5-7,14-15H2,1-3H3,(H,35,41)(H,37,42)/t16-,17+. The maximum atomic E-state index is 15.8. The Labute approximate surface area is 249 Å². The van der Waals surface area contributed by atoms with Crippen molar-refractivity contribution >= 4 is 39.3 Å². The lowest BCUT2D eigenvalue weighted by atomic mass is 9.97. The van der Waals surface area contributed by atoms with Gasteiger partial charge in [0.15, 0.2) is 5.13 Å². The van der Waals surface area contributed by atoms with Crippen molar-refractivity contribution in [3.63, 3.8) is 0 Å². The molecule has 5 rings (SSSR count). The number of thiazole rings is 1. The van der Waals surface area contributed by atoms with Crippen LogP contribution in [-0.4, -0.2) is 66.1 Å². The van der Waals surface area contributed by atoms with Crippen molar-refractivity contribution in [3.8, 4) is 6.07 Å². The van der Waals surface area contributed by atoms with E-state index in [2.05, 4.69) is 26.3 Å². The summed E-state index contributed by atoms with van der Waals surface area (Å²) < 4.78 is 57.0. The summed E-state index contributed by atoms with van der Waals surface area (Å²) in [5, 5.41) is 12.4. The summed E-state index contributed by atoms with van der Waals surface area (Å²) in [6, 6.07) is 5.37. The highest BCUT2D eigenvalue weighted by atomic mass is 32.1. The first-order chi connectivity index (χ1) is 20.3. The summed E-state index contributed by atoms with van der Waals surface area (Å²) in [5.41, 5.74) is -1.70. The molecule has 0 aliphatic carbocycles. The molecule has 3 aromatic rings. The minimum Gasteiger partial charge on any atom is -0.367 e. The van der Waals surface area contributed by atoms with Gasteiger partial charge in [-0.25, -0.2) is 9.37 Å². The van der Waals surface area contributed by atoms with Gasteiger partial charge in [0.2, 0.25) is 5.56 Å². The number of nitrogens with zero attached hydrogens (tertiary/aromatic N) is 5. The second-order valence-electron chi connectivity index (χ2n) is 10.7. The fourth-order valence-corrected chi connectivity index (χ4v) is 6.15. The number of carbonyl (C=O) groups is 1. The summed E-state index contributed by atoms with van der Waals surface area (Å²) in [4.78, 5) is 37.9. The second kappa shape index (κ2) is 11.8. The lowest BCUT2D eigenvalue weighted by molar-refractivity contribution is -0.138. The molecule has 2 aromatic heterocycles. The number of aromatic amines is 1. The van der Waals surface area contributed by atoms with E-state index in [9.17, 15) is 22.8 Å². The third kappa shape index (κ3) is 6.28. The largest absolute Gasteiger partial charge is 0.417 e. The van der Waals surface area contributed by atoms with Crippen LogP contribution in [0.3, 0.4) is 0 Å². The molecule has 0 saturated carbocycles. The molecular formula is C29H29F4N7O2S. The van der Waals surface area contributed by atoms with Gasteiger partial charge in [-0.1, -0.05) is 17.4 Å². The minimum absolute atomic E-state index is 0.0884. The van der Waals surface area contributed by atoms with Crippen LogP contribution in [0.1, 0.15) is 46.6 Å². The van der Waals surface area contributed by atoms with E-state index in [1.165, 1.54) is 29.7 Å². The van der Waals surface area contributed by atoms with E-state index in [0.29, 0.717) is 59.9 Å². The Morgan fingerprint density at radius 1 is 1.19 bits per heavy atom. The molecule has 2 aliphatic rings. The number of pyridine rings is 1. The van der Waals surface area contributed by atoms with Gasteiger partial charge in [-0.05, 0) is 45.0 Å². The van der Waals surface area contributed by atoms with E-state index in [1.54, 1.807) is 0 Å². The van der Waals surface area contributed by atoms with Gasteiger partial charge in [-0.2, -0.15) is 18.4 Å². The lowest BCUT2D eigenvalue weighted by Gasteiger charge is -2.44. The number of piperazine rings is 1. The first-order valence-corrected chi connectivity index (χ1v) is 14.4. The normalized spacial score (nSPS) is 19.6. The maximum Gasteiger partial charge on any atom is 0.417 e. The third-order valence-corrected chi connectivity index (χ3v) is 8.90. The number of hydrogen-bond donors (Lipinski definition) is 2. The van der Waals surface area contributed by atoms with Gasteiger partial charge in [-0.3, -0.25) is 14.5 Å². The van der Waals surface area contributed by atoms with E-state index in [0.717, 1.165) is 6.20 Å². The van der Waals surface area contributed by atoms with Crippen molar-refractivity contribution in [2.45, 2.75) is 38.5 Å². The van der Waals surface area contributed by atoms with Crippen molar-refractivity contribution in [1.29, 1.82) is 5.26 Å². The van der Waals surface area contributed by atoms with Gasteiger partial charge in [0.25, 0.3) is 5.91 Å². The topological polar surface area (TPSA) is 108 Å². The van der Waals surface area contributed by atoms with E-state index in [1.807, 2.05) is 36.8 Å². The number of aromatic nitrogens is 2. The van der Waals surface area contributed by atoms with Crippen LogP contribution < -0.4 is 20.7 Å². The minimum atomic E-state index is -4.94. The molecule has 9 nitrogen and oxygen atoms in total. The monoisotopic (exact) mass is 615 g/mol. The fraction of sp³-hybridized carbons (Fsp3) is 0.379. The van der Waals surface area contributed by atoms with Crippen molar-refractivity contribution < 1.29 is 22.4 Å². The first-order valence-electron chi connectivity index (χ1n) is 13.6. The van der Waals surface area contributed by atoms with Crippen LogP contribution in [0.2, 0.25) is 0 Å². The Kier molecular flexibility index (Phi) is 8.31. The van der Waals surface area contributed by atoms with Crippen LogP contribution in [-0.2, 0) is 6.18 Å². The summed E-state index contributed by atoms with van der Waals surface area (Å²) in [7, 11) is 1.99. The van der Waals surface area contributed by atoms with Crippen LogP contribution in [0.4, 0.5) is 34.1 Å². The van der Waals surface area contributed by atoms with Gasteiger partial charge in [-0.15, -0.1) is 0 Å². The number of alkyl halides is 3. The number of likely N-dealkylation sites (N-methyl/N-ethyl adjacent to an activating group) is 1. The Bertz CT molecular complexity index is 1660. The number of benzene rings is 1. The Morgan fingerprint density at radius 3 is 2.51 bits per heavy atom. The summed E-state index contributed by atoms with van der Waals surface area (Å²) in [6.45, 7) is 5.96. The Morgan fingerprint density at radius 2 is 1.91 bits per heavy atom. The smallest absolute Gasteiger partial charge is 0.367 e. The average molecular weight is 616 g/mol. The number of rotatable bonds is 5. The molecule has 0 bridgehead atoms. The predicted octanol–water partition coefficient (Wildman–Crippen LogP) is 4.94. The van der Waals surface area contributed by atoms with Gasteiger partial charge in [0.05, 0.1) is 28.7 Å². The zero-order valence-electron chi connectivity index (χ0n) is 23.6. The number of nitriles is 1. The maximum absolute atomic E-state index is 15.8. The molecule has 1 fully saturated rings. The van der Waals surface area contributed by atoms with Crippen LogP contribution in [0, 0.1) is 17.1 Å². The molecular weight excluding hydrogens is 586 g/mol. The molecule has 226 valence electrons. The number of amides is 1. The summed E-state index contributed by atoms with van der Waals surface area (Å²) >= 11 is 1.26. The molecule has 1 aromatic carbocycles. The molecule has 14 heteroatoms. The second-order valence-corrected chi connectivity index (χ2v) is 11.7. The molecule has 0 unspecified atom stereocenters. The molecule has 1 saturated heterocycles. The fourth-order valence-electron chi connectivity index (χ4n) is 5.41. The van der Waals surface area contributed by atoms with Gasteiger partial charge in [0, 0.05) is 56.1 Å². The summed E-state index contributed by atoms with van der Waals surface area (Å²) in [6.07, 6.45) is -0.432. The first kappa shape index (κ1) is 30.2. The Hall–Kier alpha value is -4.22. The molecule has 1 amide bonds. The average Bonchev–Trinajstić information content (AvgIpc) is 3.45. The lowest BCUT2D eigenvalue weighted by Crippen LogP contribution is -2.55. The van der Waals surface area contributed by atoms with Crippen LogP contribution in [0.25, 0.3) is 5.57 Å². The number of anilines is 3. The SMILES string of the molecule is C[C@@H]1CN(c2cc(F)c(C3=CCN(c4ncc(C#N)s4)CC3)cc2NC(=O)c2c[nH]c(=O)cc2C(F)(F)F)C[C@H](C)N1C. The van der Waals surface area contributed by atoms with Crippen molar-refractivity contribution in [2.24, 2.45) is 0 Å². The van der Waals surface area contributed by atoms with Crippen LogP contribution in [0.5, 0.6) is 0 Å². The van der Waals surface area contributed by atoms with Crippen molar-refractivity contribution in [1.82, 2.24) is 14.9 Å². The van der Waals surface area contributed by atoms with E-state index >= 15 is 4.39 Å². The molecule has 43 heavy (non-hydrogen) atoms. The van der Waals surface area contributed by atoms with E-state index < -0.39 is 34.6 Å². The number of H-pyrrole nitrogens is 1. The molecule has 2 atom stereocenters. The Balaban J connectivity index is 1.52. The van der Waals surface area contributed by atoms with Crippen LogP contribution >= 0.6 is 11.3 Å². The van der Waals surface area contributed by atoms with Crippen molar-refractivity contribution in [2.75, 3.05) is 48.3 Å². The van der Waals surface area contributed by atoms with Gasteiger partial charge < -0.3 is 20.1 Å². The number of nitrogens with one attached hydrogen (secondary N) is 2. The highest BCUT2D eigenvalue weighted by Gasteiger charge is 2.36. The predicted molar refractivity (Wildman–Crippen MR) is 157 cm³/mol. The molecule has 2 aliphatic heterocycles. The van der Waals surface area contributed by atoms with Crippen molar-refractivity contribution in [3.05, 3.63) is 74.4 Å². The molecule has 4 heterocycles. The number of hydrogen-bond acceptors (Lipinski definition) is 8. The van der Waals surface area contributed by atoms with Gasteiger partial charge >= 0.3 is 6.18 Å². The highest BCUT2D eigenvalue weighted by molar-refractivity contribution is 7.16. The zero-order chi connectivity index (χ0) is 31.1. The van der Waals surface area contributed by atoms with Gasteiger partial charge in [0.1, 0.15) is 16.8 Å². The zero-order valence-corrected chi connectivity index (χ0v) is 24.4. The highest BCUT2D eigenvalue weighted by Crippen LogP contribution is 2.38. The van der Waals surface area contributed by atoms with E-state index in [4.69, 9.17) is 5.26 Å². The third-order valence-electron chi connectivity index (χ3n) is 7.94.